The fourth-order valence-electron chi connectivity index (χ4n) is 1.53. The Morgan fingerprint density at radius 2 is 1.79 bits per heavy atom. The molecule has 0 aliphatic rings. The zero-order valence-electron chi connectivity index (χ0n) is 10.6. The fourth-order valence-corrected chi connectivity index (χ4v) is 1.53. The Balaban J connectivity index is 0.00000180. The predicted molar refractivity (Wildman–Crippen MR) is 85.6 cm³/mol. The van der Waals surface area contributed by atoms with Crippen LogP contribution < -0.4 is 9.67 Å². The van der Waals surface area contributed by atoms with Crippen molar-refractivity contribution in [3.05, 3.63) is 66.5 Å². The van der Waals surface area contributed by atoms with E-state index in [2.05, 4.69) is 4.99 Å². The van der Waals surface area contributed by atoms with Gasteiger partial charge in [-0.3, -0.25) is 4.99 Å². The van der Waals surface area contributed by atoms with Gasteiger partial charge in [0.1, 0.15) is 7.05 Å². The molecule has 0 unspecified atom stereocenters. The number of hydrogen-bond acceptors (Lipinski definition) is 2. The number of nitrogens with zero attached hydrogens (tertiary/aromatic N) is 2. The van der Waals surface area contributed by atoms with E-state index in [1.165, 1.54) is 6.08 Å². The maximum Gasteiger partial charge on any atom is 0.204 e. The molecule has 0 N–H and O–H groups in total. The molecule has 3 nitrogen and oxygen atoms in total. The molecule has 19 heavy (non-hydrogen) atoms. The first-order valence-electron chi connectivity index (χ1n) is 5.69. The summed E-state index contributed by atoms with van der Waals surface area (Å²) in [6, 6.07) is 15.0. The standard InChI is InChI=1S/C15H14N2O.HI/c1-17-12-6-5-9-14(17)10-11-15(18)16-13-7-3-2-4-8-13;/h2-12H,1H3;1H/b11-10+;. The zero-order valence-corrected chi connectivity index (χ0v) is 12.9. The van der Waals surface area contributed by atoms with Crippen LogP contribution >= 0.6 is 24.0 Å². The van der Waals surface area contributed by atoms with Crippen LogP contribution in [0.4, 0.5) is 5.69 Å². The van der Waals surface area contributed by atoms with Gasteiger partial charge in [0.25, 0.3) is 0 Å². The van der Waals surface area contributed by atoms with Crippen molar-refractivity contribution in [1.82, 2.24) is 0 Å². The van der Waals surface area contributed by atoms with Crippen LogP contribution in [0.1, 0.15) is 5.69 Å². The average Bonchev–Trinajstić information content (AvgIpc) is 2.39. The minimum atomic E-state index is -0.259. The molecular weight excluding hydrogens is 351 g/mol. The Hall–Kier alpha value is -1.69. The van der Waals surface area contributed by atoms with E-state index in [9.17, 15) is 5.11 Å². The van der Waals surface area contributed by atoms with Gasteiger partial charge in [-0.25, -0.2) is 4.57 Å². The highest BCUT2D eigenvalue weighted by molar-refractivity contribution is 14.0. The minimum Gasteiger partial charge on any atom is -0.859 e. The first kappa shape index (κ1) is 15.4. The van der Waals surface area contributed by atoms with Crippen molar-refractivity contribution in [2.24, 2.45) is 12.0 Å². The highest BCUT2D eigenvalue weighted by Gasteiger charge is 1.97. The summed E-state index contributed by atoms with van der Waals surface area (Å²) in [5.74, 6) is -0.259. The molecular formula is C15H15IN2O. The van der Waals surface area contributed by atoms with E-state index in [1.54, 1.807) is 18.2 Å². The van der Waals surface area contributed by atoms with Crippen molar-refractivity contribution in [3.63, 3.8) is 0 Å². The van der Waals surface area contributed by atoms with Gasteiger partial charge in [-0.2, -0.15) is 0 Å². The number of benzene rings is 1. The molecule has 0 spiro atoms. The van der Waals surface area contributed by atoms with Gasteiger partial charge >= 0.3 is 0 Å². The zero-order chi connectivity index (χ0) is 12.8. The van der Waals surface area contributed by atoms with Crippen molar-refractivity contribution in [3.8, 4) is 0 Å². The molecule has 2 aromatic rings. The highest BCUT2D eigenvalue weighted by atomic mass is 127. The number of halogens is 1. The number of aromatic nitrogens is 1. The molecule has 0 fully saturated rings. The largest absolute Gasteiger partial charge is 0.859 e. The summed E-state index contributed by atoms with van der Waals surface area (Å²) >= 11 is 0. The number of rotatable bonds is 3. The SMILES string of the molecule is C[n+]1ccccc1/C=C/C([O-])=Nc1ccccc1.I. The van der Waals surface area contributed by atoms with Gasteiger partial charge < -0.3 is 5.11 Å². The van der Waals surface area contributed by atoms with Crippen LogP contribution in [0.2, 0.25) is 0 Å². The molecule has 1 aromatic heterocycles. The normalized spacial score (nSPS) is 11.3. The number of para-hydroxylation sites is 1. The van der Waals surface area contributed by atoms with Crippen LogP contribution in [-0.4, -0.2) is 5.90 Å². The lowest BCUT2D eigenvalue weighted by atomic mass is 10.3. The second-order valence-electron chi connectivity index (χ2n) is 3.86. The van der Waals surface area contributed by atoms with E-state index < -0.39 is 0 Å². The lowest BCUT2D eigenvalue weighted by Crippen LogP contribution is -2.30. The van der Waals surface area contributed by atoms with Crippen molar-refractivity contribution in [2.75, 3.05) is 0 Å². The Labute approximate surface area is 130 Å². The number of aryl methyl sites for hydroxylation is 1. The van der Waals surface area contributed by atoms with Gasteiger partial charge in [0.15, 0.2) is 6.20 Å². The summed E-state index contributed by atoms with van der Waals surface area (Å²) in [5, 5.41) is 11.6. The van der Waals surface area contributed by atoms with Crippen LogP contribution in [-0.2, 0) is 7.05 Å². The average molecular weight is 366 g/mol. The van der Waals surface area contributed by atoms with E-state index >= 15 is 0 Å². The number of pyridine rings is 1. The summed E-state index contributed by atoms with van der Waals surface area (Å²) in [5.41, 5.74) is 1.62. The fraction of sp³-hybridized carbons (Fsp3) is 0.0667. The van der Waals surface area contributed by atoms with Gasteiger partial charge in [-0.05, 0) is 30.2 Å². The van der Waals surface area contributed by atoms with Crippen molar-refractivity contribution >= 4 is 41.6 Å². The highest BCUT2D eigenvalue weighted by Crippen LogP contribution is 2.09. The Morgan fingerprint density at radius 3 is 2.47 bits per heavy atom. The van der Waals surface area contributed by atoms with E-state index in [0.29, 0.717) is 5.69 Å². The topological polar surface area (TPSA) is 39.3 Å². The molecule has 2 rings (SSSR count). The van der Waals surface area contributed by atoms with Gasteiger partial charge in [0.05, 0.1) is 5.69 Å². The Kier molecular flexibility index (Phi) is 6.21. The molecule has 0 aliphatic heterocycles. The third kappa shape index (κ3) is 4.82. The van der Waals surface area contributed by atoms with Gasteiger partial charge in [0.2, 0.25) is 5.69 Å². The van der Waals surface area contributed by atoms with Crippen LogP contribution in [0.15, 0.2) is 65.8 Å². The third-order valence-electron chi connectivity index (χ3n) is 2.49. The predicted octanol–water partition coefficient (Wildman–Crippen LogP) is 2.23. The first-order valence-corrected chi connectivity index (χ1v) is 5.69. The molecule has 1 aromatic carbocycles. The Bertz CT molecular complexity index is 580. The maximum atomic E-state index is 11.6. The number of hydrogen-bond donors (Lipinski definition) is 0. The summed E-state index contributed by atoms with van der Waals surface area (Å²) in [6.45, 7) is 0. The second kappa shape index (κ2) is 7.68. The van der Waals surface area contributed by atoms with Crippen LogP contribution in [0.5, 0.6) is 0 Å². The lowest BCUT2D eigenvalue weighted by molar-refractivity contribution is -0.673. The van der Waals surface area contributed by atoms with Crippen LogP contribution in [0.25, 0.3) is 6.08 Å². The maximum absolute atomic E-state index is 11.6. The van der Waals surface area contributed by atoms with Crippen molar-refractivity contribution < 1.29 is 9.67 Å². The molecule has 4 heteroatoms. The molecule has 0 saturated heterocycles. The lowest BCUT2D eigenvalue weighted by Gasteiger charge is -2.04. The smallest absolute Gasteiger partial charge is 0.204 e. The van der Waals surface area contributed by atoms with E-state index in [-0.39, 0.29) is 29.9 Å². The van der Waals surface area contributed by atoms with E-state index in [4.69, 9.17) is 0 Å². The molecule has 0 aliphatic carbocycles. The summed E-state index contributed by atoms with van der Waals surface area (Å²) < 4.78 is 1.94. The van der Waals surface area contributed by atoms with E-state index in [1.807, 2.05) is 54.2 Å². The quantitative estimate of drug-likeness (QED) is 0.355. The Morgan fingerprint density at radius 1 is 1.11 bits per heavy atom. The molecule has 0 radical (unpaired) electrons. The van der Waals surface area contributed by atoms with Crippen molar-refractivity contribution in [1.29, 1.82) is 0 Å². The molecule has 0 bridgehead atoms. The van der Waals surface area contributed by atoms with Gasteiger partial charge in [0, 0.05) is 18.2 Å². The molecule has 0 saturated carbocycles. The van der Waals surface area contributed by atoms with Crippen LogP contribution in [0, 0.1) is 0 Å². The monoisotopic (exact) mass is 366 g/mol. The summed E-state index contributed by atoms with van der Waals surface area (Å²) in [4.78, 5) is 3.97. The molecule has 1 heterocycles. The minimum absolute atomic E-state index is 0. The second-order valence-corrected chi connectivity index (χ2v) is 3.86. The van der Waals surface area contributed by atoms with E-state index in [0.717, 1.165) is 5.69 Å². The molecule has 98 valence electrons. The van der Waals surface area contributed by atoms with Gasteiger partial charge in [-0.1, -0.05) is 18.2 Å². The summed E-state index contributed by atoms with van der Waals surface area (Å²) in [6.07, 6.45) is 5.16. The molecule has 0 atom stereocenters. The molecule has 0 amide bonds. The third-order valence-corrected chi connectivity index (χ3v) is 2.49. The first-order chi connectivity index (χ1) is 8.75. The van der Waals surface area contributed by atoms with Gasteiger partial charge in [-0.15, -0.1) is 24.0 Å². The number of aliphatic imine (C=N–C) groups is 1. The van der Waals surface area contributed by atoms with Crippen LogP contribution in [0.3, 0.4) is 0 Å². The summed E-state index contributed by atoms with van der Waals surface area (Å²) in [7, 11) is 1.93. The van der Waals surface area contributed by atoms with Crippen molar-refractivity contribution in [2.45, 2.75) is 0 Å².